The number of halogens is 6. The third kappa shape index (κ3) is 4.15. The van der Waals surface area contributed by atoms with E-state index in [1.54, 1.807) is 0 Å². The summed E-state index contributed by atoms with van der Waals surface area (Å²) in [5.74, 6) is -2.13. The van der Waals surface area contributed by atoms with Gasteiger partial charge in [-0.1, -0.05) is 0 Å². The molecule has 0 heterocycles. The van der Waals surface area contributed by atoms with Crippen LogP contribution in [-0.2, 0) is 10.0 Å². The molecule has 0 unspecified atom stereocenters. The lowest BCUT2D eigenvalue weighted by Crippen LogP contribution is -2.29. The molecule has 0 radical (unpaired) electrons. The molecule has 0 atom stereocenters. The molecule has 0 aliphatic rings. The Bertz CT molecular complexity index is 870. The largest absolute Gasteiger partial charge is 0.516 e. The van der Waals surface area contributed by atoms with Crippen molar-refractivity contribution >= 4 is 31.6 Å². The Balaban J connectivity index is 2.24. The van der Waals surface area contributed by atoms with E-state index in [-0.39, 0.29) is 21.7 Å². The molecule has 0 saturated heterocycles. The molecule has 130 valence electrons. The zero-order valence-electron chi connectivity index (χ0n) is 11.4. The van der Waals surface area contributed by atoms with Gasteiger partial charge in [0.2, 0.25) is 0 Å². The number of benzene rings is 2. The average molecular weight is 432 g/mol. The highest BCUT2D eigenvalue weighted by Gasteiger charge is 2.46. The van der Waals surface area contributed by atoms with Gasteiger partial charge in [-0.2, -0.15) is 21.6 Å². The fourth-order valence-corrected chi connectivity index (χ4v) is 2.55. The van der Waals surface area contributed by atoms with E-state index in [9.17, 15) is 30.4 Å². The molecule has 0 aliphatic heterocycles. The maximum absolute atomic E-state index is 13.5. The summed E-state index contributed by atoms with van der Waals surface area (Å²) in [5.41, 5.74) is -5.85. The smallest absolute Gasteiger partial charge is 0.453 e. The van der Waals surface area contributed by atoms with Gasteiger partial charge in [-0.05, 0) is 46.3 Å². The average Bonchev–Trinajstić information content (AvgIpc) is 2.42. The highest BCUT2D eigenvalue weighted by atomic mass is 79.9. The van der Waals surface area contributed by atoms with Crippen molar-refractivity contribution in [1.29, 1.82) is 0 Å². The number of nitrogens with one attached hydrogen (secondary N) is 1. The standard InChI is InChI=1S/C13H7BrF5NO3S/c14-9-6-8(20-24(21,22)13(17,18)19)2-4-11(9)23-12-3-1-7(15)5-10(12)16/h1-6,20H. The molecule has 0 aliphatic carbocycles. The van der Waals surface area contributed by atoms with Crippen LogP contribution in [0.15, 0.2) is 40.9 Å². The zero-order chi connectivity index (χ0) is 18.1. The molecular weight excluding hydrogens is 425 g/mol. The van der Waals surface area contributed by atoms with Gasteiger partial charge in [-0.3, -0.25) is 4.72 Å². The van der Waals surface area contributed by atoms with Crippen molar-refractivity contribution in [3.8, 4) is 11.5 Å². The van der Waals surface area contributed by atoms with Crippen molar-refractivity contribution in [2.75, 3.05) is 4.72 Å². The van der Waals surface area contributed by atoms with Gasteiger partial charge in [0.1, 0.15) is 11.6 Å². The van der Waals surface area contributed by atoms with Gasteiger partial charge in [0, 0.05) is 6.07 Å². The molecule has 0 fully saturated rings. The molecule has 2 aromatic carbocycles. The van der Waals surface area contributed by atoms with Crippen molar-refractivity contribution in [2.45, 2.75) is 5.51 Å². The quantitative estimate of drug-likeness (QED) is 0.708. The SMILES string of the molecule is O=S(=O)(Nc1ccc(Oc2ccc(F)cc2F)c(Br)c1)C(F)(F)F. The van der Waals surface area contributed by atoms with Crippen LogP contribution in [0.2, 0.25) is 0 Å². The second kappa shape index (κ2) is 6.55. The van der Waals surface area contributed by atoms with Crippen LogP contribution in [0, 0.1) is 11.6 Å². The first-order valence-electron chi connectivity index (χ1n) is 6.01. The van der Waals surface area contributed by atoms with Crippen LogP contribution >= 0.6 is 15.9 Å². The number of ether oxygens (including phenoxy) is 1. The molecule has 0 spiro atoms. The van der Waals surface area contributed by atoms with Crippen molar-refractivity contribution < 1.29 is 35.1 Å². The van der Waals surface area contributed by atoms with Crippen LogP contribution < -0.4 is 9.46 Å². The molecule has 0 amide bonds. The van der Waals surface area contributed by atoms with E-state index in [2.05, 4.69) is 15.9 Å². The summed E-state index contributed by atoms with van der Waals surface area (Å²) in [6.45, 7) is 0. The van der Waals surface area contributed by atoms with E-state index >= 15 is 0 Å². The summed E-state index contributed by atoms with van der Waals surface area (Å²) < 4.78 is 91.8. The first kappa shape index (κ1) is 18.5. The van der Waals surface area contributed by atoms with Crippen LogP contribution in [0.25, 0.3) is 0 Å². The molecule has 1 N–H and O–H groups in total. The molecule has 2 aromatic rings. The highest BCUT2D eigenvalue weighted by molar-refractivity contribution is 9.10. The van der Waals surface area contributed by atoms with E-state index in [0.29, 0.717) is 6.07 Å². The molecule has 0 aromatic heterocycles. The topological polar surface area (TPSA) is 55.4 Å². The van der Waals surface area contributed by atoms with Gasteiger partial charge < -0.3 is 4.74 Å². The summed E-state index contributed by atoms with van der Waals surface area (Å²) in [7, 11) is -5.56. The lowest BCUT2D eigenvalue weighted by atomic mass is 10.3. The first-order chi connectivity index (χ1) is 11.0. The summed E-state index contributed by atoms with van der Waals surface area (Å²) in [6.07, 6.45) is 0. The summed E-state index contributed by atoms with van der Waals surface area (Å²) in [6, 6.07) is 5.68. The number of sulfonamides is 1. The Kier molecular flexibility index (Phi) is 5.04. The van der Waals surface area contributed by atoms with Crippen LogP contribution in [0.3, 0.4) is 0 Å². The number of alkyl halides is 3. The first-order valence-corrected chi connectivity index (χ1v) is 8.29. The molecule has 0 saturated carbocycles. The lowest BCUT2D eigenvalue weighted by Gasteiger charge is -2.13. The molecule has 2 rings (SSSR count). The Morgan fingerprint density at radius 3 is 2.17 bits per heavy atom. The number of anilines is 1. The van der Waals surface area contributed by atoms with Crippen molar-refractivity contribution in [3.05, 3.63) is 52.5 Å². The van der Waals surface area contributed by atoms with Crippen molar-refractivity contribution in [2.24, 2.45) is 0 Å². The highest BCUT2D eigenvalue weighted by Crippen LogP contribution is 2.34. The van der Waals surface area contributed by atoms with E-state index in [1.165, 1.54) is 4.72 Å². The third-order valence-corrected chi connectivity index (χ3v) is 4.34. The molecule has 11 heteroatoms. The van der Waals surface area contributed by atoms with E-state index < -0.39 is 27.2 Å². The summed E-state index contributed by atoms with van der Waals surface area (Å²) >= 11 is 2.96. The summed E-state index contributed by atoms with van der Waals surface area (Å²) in [5, 5.41) is 0. The fraction of sp³-hybridized carbons (Fsp3) is 0.0769. The van der Waals surface area contributed by atoms with Crippen LogP contribution in [0.5, 0.6) is 11.5 Å². The van der Waals surface area contributed by atoms with Gasteiger partial charge in [0.15, 0.2) is 11.6 Å². The predicted octanol–water partition coefficient (Wildman–Crippen LogP) is 4.78. The monoisotopic (exact) mass is 431 g/mol. The maximum Gasteiger partial charge on any atom is 0.516 e. The van der Waals surface area contributed by atoms with Gasteiger partial charge in [0.05, 0.1) is 10.2 Å². The molecular formula is C13H7BrF5NO3S. The minimum Gasteiger partial charge on any atom is -0.453 e. The maximum atomic E-state index is 13.5. The second-order valence-electron chi connectivity index (χ2n) is 4.37. The van der Waals surface area contributed by atoms with Crippen LogP contribution in [0.4, 0.5) is 27.6 Å². The Morgan fingerprint density at radius 1 is 1.00 bits per heavy atom. The molecule has 0 bridgehead atoms. The fourth-order valence-electron chi connectivity index (χ4n) is 1.54. The Labute approximate surface area is 141 Å². The third-order valence-electron chi connectivity index (χ3n) is 2.60. The van der Waals surface area contributed by atoms with E-state index in [0.717, 1.165) is 30.3 Å². The predicted molar refractivity (Wildman–Crippen MR) is 79.2 cm³/mol. The lowest BCUT2D eigenvalue weighted by molar-refractivity contribution is -0.0429. The van der Waals surface area contributed by atoms with Crippen molar-refractivity contribution in [1.82, 2.24) is 0 Å². The van der Waals surface area contributed by atoms with E-state index in [4.69, 9.17) is 4.74 Å². The zero-order valence-corrected chi connectivity index (χ0v) is 13.8. The number of hydrogen-bond acceptors (Lipinski definition) is 3. The van der Waals surface area contributed by atoms with Crippen LogP contribution in [-0.4, -0.2) is 13.9 Å². The minimum atomic E-state index is -5.56. The number of rotatable bonds is 4. The minimum absolute atomic E-state index is 0.0181. The van der Waals surface area contributed by atoms with Gasteiger partial charge in [0.25, 0.3) is 0 Å². The Morgan fingerprint density at radius 2 is 1.62 bits per heavy atom. The van der Waals surface area contributed by atoms with Crippen molar-refractivity contribution in [3.63, 3.8) is 0 Å². The molecule has 24 heavy (non-hydrogen) atoms. The number of hydrogen-bond donors (Lipinski definition) is 1. The Hall–Kier alpha value is -1.88. The van der Waals surface area contributed by atoms with Gasteiger partial charge in [-0.25, -0.2) is 8.78 Å². The molecule has 4 nitrogen and oxygen atoms in total. The second-order valence-corrected chi connectivity index (χ2v) is 6.90. The van der Waals surface area contributed by atoms with E-state index in [1.807, 2.05) is 0 Å². The summed E-state index contributed by atoms with van der Waals surface area (Å²) in [4.78, 5) is 0. The van der Waals surface area contributed by atoms with Crippen LogP contribution in [0.1, 0.15) is 0 Å². The van der Waals surface area contributed by atoms with Gasteiger partial charge >= 0.3 is 15.5 Å². The normalized spacial score (nSPS) is 12.1. The van der Waals surface area contributed by atoms with Gasteiger partial charge in [-0.15, -0.1) is 0 Å².